The van der Waals surface area contributed by atoms with Crippen molar-refractivity contribution in [2.24, 2.45) is 7.05 Å². The van der Waals surface area contributed by atoms with Crippen molar-refractivity contribution in [3.8, 4) is 0 Å². The zero-order valence-electron chi connectivity index (χ0n) is 22.3. The smallest absolute Gasteiger partial charge is 0.336 e. The summed E-state index contributed by atoms with van der Waals surface area (Å²) in [5.41, 5.74) is 1.44. The Kier molecular flexibility index (Phi) is 11.0. The molecule has 0 amide bonds. The molecule has 0 saturated carbocycles. The molecule has 0 saturated heterocycles. The topological polar surface area (TPSA) is 204 Å². The van der Waals surface area contributed by atoms with Gasteiger partial charge in [-0.05, 0) is 39.0 Å². The highest BCUT2D eigenvalue weighted by Crippen LogP contribution is 2.16. The van der Waals surface area contributed by atoms with E-state index in [0.29, 0.717) is 26.2 Å². The first-order chi connectivity index (χ1) is 18.2. The summed E-state index contributed by atoms with van der Waals surface area (Å²) in [5, 5.41) is 53.3. The van der Waals surface area contributed by atoms with Crippen LogP contribution in [0.5, 0.6) is 0 Å². The van der Waals surface area contributed by atoms with E-state index in [1.807, 2.05) is 61.6 Å². The van der Waals surface area contributed by atoms with Gasteiger partial charge in [0.2, 0.25) is 0 Å². The van der Waals surface area contributed by atoms with Crippen LogP contribution in [0.4, 0.5) is 0 Å². The molecular weight excluding hydrogens is 514 g/mol. The van der Waals surface area contributed by atoms with Crippen molar-refractivity contribution in [3.63, 3.8) is 0 Å². The van der Waals surface area contributed by atoms with E-state index in [2.05, 4.69) is 15.1 Å². The van der Waals surface area contributed by atoms with Gasteiger partial charge in [-0.1, -0.05) is 0 Å². The Morgan fingerprint density at radius 2 is 1.72 bits per heavy atom. The molecule has 1 unspecified atom stereocenters. The number of nitrogens with zero attached hydrogens (tertiary/aromatic N) is 5. The zero-order chi connectivity index (χ0) is 29.3. The van der Waals surface area contributed by atoms with Gasteiger partial charge in [0.25, 0.3) is 0 Å². The maximum absolute atomic E-state index is 10.6. The van der Waals surface area contributed by atoms with Crippen molar-refractivity contribution < 1.29 is 44.3 Å². The van der Waals surface area contributed by atoms with Crippen LogP contribution in [0, 0.1) is 20.8 Å². The van der Waals surface area contributed by atoms with E-state index in [1.165, 1.54) is 0 Å². The standard InChI is InChI=1S/C19H27N5O2.C6H8O7/c1-14-8-15(2)24(20-14)12-18(25)11-23(13-19-6-5-7-26-19)10-17-9-22(4)21-16(17)3;7-3(8)1-6(13,5(11)12)2-4(9)10/h5-9,18,25H,10-13H2,1-4H3;13H,1-2H2,(H,7,8)(H,9,10)(H,11,12). The molecule has 3 heterocycles. The van der Waals surface area contributed by atoms with E-state index in [0.717, 1.165) is 28.4 Å². The van der Waals surface area contributed by atoms with Gasteiger partial charge in [0.1, 0.15) is 5.76 Å². The Balaban J connectivity index is 0.000000349. The average molecular weight is 550 g/mol. The van der Waals surface area contributed by atoms with Crippen molar-refractivity contribution in [2.45, 2.75) is 65.0 Å². The fourth-order valence-corrected chi connectivity index (χ4v) is 3.98. The highest BCUT2D eigenvalue weighted by Gasteiger charge is 2.40. The van der Waals surface area contributed by atoms with Crippen LogP contribution in [0.3, 0.4) is 0 Å². The second-order valence-electron chi connectivity index (χ2n) is 9.40. The van der Waals surface area contributed by atoms with Crippen LogP contribution in [-0.2, 0) is 41.1 Å². The largest absolute Gasteiger partial charge is 0.481 e. The third-order valence-electron chi connectivity index (χ3n) is 5.71. The van der Waals surface area contributed by atoms with E-state index in [1.54, 1.807) is 6.26 Å². The second kappa shape index (κ2) is 13.7. The summed E-state index contributed by atoms with van der Waals surface area (Å²) in [5.74, 6) is -4.14. The number of aliphatic hydroxyl groups is 2. The summed E-state index contributed by atoms with van der Waals surface area (Å²) in [6.45, 7) is 8.31. The molecule has 0 fully saturated rings. The van der Waals surface area contributed by atoms with E-state index in [4.69, 9.17) is 24.8 Å². The van der Waals surface area contributed by atoms with Crippen molar-refractivity contribution in [3.05, 3.63) is 59.1 Å². The first kappa shape index (κ1) is 31.2. The number of aliphatic hydroxyl groups excluding tert-OH is 1. The Bertz CT molecular complexity index is 1230. The highest BCUT2D eigenvalue weighted by molar-refractivity contribution is 5.88. The Morgan fingerprint density at radius 3 is 2.15 bits per heavy atom. The van der Waals surface area contributed by atoms with Crippen molar-refractivity contribution in [2.75, 3.05) is 6.54 Å². The number of furan rings is 1. The van der Waals surface area contributed by atoms with Crippen LogP contribution in [0.1, 0.15) is 41.2 Å². The Labute approximate surface area is 224 Å². The number of hydrogen-bond donors (Lipinski definition) is 5. The van der Waals surface area contributed by atoms with Gasteiger partial charge in [0, 0.05) is 37.6 Å². The van der Waals surface area contributed by atoms with Crippen LogP contribution in [-0.4, -0.2) is 86.2 Å². The lowest BCUT2D eigenvalue weighted by molar-refractivity contribution is -0.170. The lowest BCUT2D eigenvalue weighted by atomic mass is 9.96. The maximum Gasteiger partial charge on any atom is 0.336 e. The fraction of sp³-hybridized carbons (Fsp3) is 0.480. The number of carbonyl (C=O) groups is 3. The Morgan fingerprint density at radius 1 is 1.08 bits per heavy atom. The number of aryl methyl sites for hydroxylation is 4. The summed E-state index contributed by atoms with van der Waals surface area (Å²) >= 11 is 0. The molecule has 0 bridgehead atoms. The molecule has 3 rings (SSSR count). The van der Waals surface area contributed by atoms with Crippen molar-refractivity contribution in [1.82, 2.24) is 24.5 Å². The van der Waals surface area contributed by atoms with Crippen LogP contribution < -0.4 is 0 Å². The normalized spacial score (nSPS) is 12.2. The van der Waals surface area contributed by atoms with E-state index in [-0.39, 0.29) is 0 Å². The SMILES string of the molecule is Cc1cc(C)n(CC(O)CN(Cc2ccco2)Cc2cn(C)nc2C)n1.O=C(O)CC(O)(CC(=O)O)C(=O)O. The maximum atomic E-state index is 10.6. The van der Waals surface area contributed by atoms with Crippen LogP contribution in [0.15, 0.2) is 35.1 Å². The minimum atomic E-state index is -2.74. The quantitative estimate of drug-likeness (QED) is 0.202. The van der Waals surface area contributed by atoms with E-state index in [9.17, 15) is 19.5 Å². The average Bonchev–Trinajstić information content (AvgIpc) is 3.48. The summed E-state index contributed by atoms with van der Waals surface area (Å²) in [7, 11) is 1.92. The number of rotatable bonds is 13. The summed E-state index contributed by atoms with van der Waals surface area (Å²) in [6, 6.07) is 5.86. The first-order valence-corrected chi connectivity index (χ1v) is 12.0. The van der Waals surface area contributed by atoms with Gasteiger partial charge >= 0.3 is 17.9 Å². The molecule has 214 valence electrons. The number of carboxylic acids is 3. The van der Waals surface area contributed by atoms with E-state index >= 15 is 0 Å². The molecule has 3 aromatic rings. The first-order valence-electron chi connectivity index (χ1n) is 12.0. The molecule has 0 spiro atoms. The summed E-state index contributed by atoms with van der Waals surface area (Å²) < 4.78 is 9.18. The third-order valence-corrected chi connectivity index (χ3v) is 5.71. The number of aliphatic carboxylic acids is 3. The van der Waals surface area contributed by atoms with Gasteiger partial charge in [0.05, 0.1) is 49.7 Å². The second-order valence-corrected chi connectivity index (χ2v) is 9.40. The summed E-state index contributed by atoms with van der Waals surface area (Å²) in [4.78, 5) is 32.7. The van der Waals surface area contributed by atoms with Gasteiger partial charge in [-0.3, -0.25) is 23.9 Å². The minimum Gasteiger partial charge on any atom is -0.481 e. The van der Waals surface area contributed by atoms with Crippen LogP contribution in [0.25, 0.3) is 0 Å². The fourth-order valence-electron chi connectivity index (χ4n) is 3.98. The molecule has 14 heteroatoms. The molecule has 3 aromatic heterocycles. The predicted octanol–water partition coefficient (Wildman–Crippen LogP) is 0.950. The van der Waals surface area contributed by atoms with Gasteiger partial charge < -0.3 is 29.9 Å². The molecule has 0 aliphatic rings. The Hall–Kier alpha value is -4.01. The minimum absolute atomic E-state index is 0.473. The molecule has 39 heavy (non-hydrogen) atoms. The lowest BCUT2D eigenvalue weighted by Gasteiger charge is -2.24. The number of aromatic nitrogens is 4. The predicted molar refractivity (Wildman–Crippen MR) is 136 cm³/mol. The molecule has 5 N–H and O–H groups in total. The van der Waals surface area contributed by atoms with Gasteiger partial charge in [-0.2, -0.15) is 10.2 Å². The van der Waals surface area contributed by atoms with Gasteiger partial charge in [0.15, 0.2) is 5.60 Å². The zero-order valence-corrected chi connectivity index (χ0v) is 22.3. The van der Waals surface area contributed by atoms with Crippen molar-refractivity contribution in [1.29, 1.82) is 0 Å². The van der Waals surface area contributed by atoms with Crippen LogP contribution >= 0.6 is 0 Å². The lowest BCUT2D eigenvalue weighted by Crippen LogP contribution is -2.42. The molecule has 0 aliphatic heterocycles. The van der Waals surface area contributed by atoms with E-state index < -0.39 is 42.5 Å². The monoisotopic (exact) mass is 549 g/mol. The third kappa shape index (κ3) is 10.00. The highest BCUT2D eigenvalue weighted by atomic mass is 16.4. The number of hydrogen-bond acceptors (Lipinski definition) is 9. The van der Waals surface area contributed by atoms with Crippen molar-refractivity contribution >= 4 is 17.9 Å². The molecule has 0 radical (unpaired) electrons. The molecule has 0 aromatic carbocycles. The van der Waals surface area contributed by atoms with Crippen LogP contribution in [0.2, 0.25) is 0 Å². The van der Waals surface area contributed by atoms with Gasteiger partial charge in [-0.25, -0.2) is 4.79 Å². The molecular formula is C25H35N5O9. The summed E-state index contributed by atoms with van der Waals surface area (Å²) in [6.07, 6.45) is 0.885. The molecule has 0 aliphatic carbocycles. The molecule has 14 nitrogen and oxygen atoms in total. The number of carboxylic acid groups (broad SMARTS) is 3. The molecule has 1 atom stereocenters. The van der Waals surface area contributed by atoms with Gasteiger partial charge in [-0.15, -0.1) is 0 Å².